The van der Waals surface area contributed by atoms with Crippen molar-refractivity contribution in [2.45, 2.75) is 58.1 Å². The standard InChI is InChI=1S/C61H52F3NO12/c62-61(63,64)60(68)77-57(65)54(76-59(67)49-33-52(71-37-44-23-11-3-12-24-44)56(74-40-47-29-17-6-18-30-47)53(34-49)72-38-45-25-13-4-14-26-45)41-75-58(66)48-31-50(69-35-42-19-7-1-8-20-42)55(73-39-46-27-15-5-16-28-46)51(32-48)70-36-43-21-9-2-10-22-43/h1-34,54,57H,35-41,65H2. The molecule has 0 aromatic heterocycles. The quantitative estimate of drug-likeness (QED) is 0.0327. The van der Waals surface area contributed by atoms with E-state index < -0.39 is 43.0 Å². The summed E-state index contributed by atoms with van der Waals surface area (Å²) in [4.78, 5) is 40.8. The number of carbonyl (C=O) groups excluding carboxylic acids is 3. The highest BCUT2D eigenvalue weighted by atomic mass is 19.4. The van der Waals surface area contributed by atoms with Crippen LogP contribution in [0.5, 0.6) is 34.5 Å². The lowest BCUT2D eigenvalue weighted by Crippen LogP contribution is -2.47. The molecule has 0 radical (unpaired) electrons. The van der Waals surface area contributed by atoms with Gasteiger partial charge in [0.1, 0.15) is 46.2 Å². The topological polar surface area (TPSA) is 160 Å². The lowest BCUT2D eigenvalue weighted by molar-refractivity contribution is -0.209. The van der Waals surface area contributed by atoms with Crippen molar-refractivity contribution in [2.75, 3.05) is 6.61 Å². The molecule has 2 unspecified atom stereocenters. The number of halogens is 3. The van der Waals surface area contributed by atoms with Gasteiger partial charge in [-0.25, -0.2) is 14.4 Å². The second-order valence-electron chi connectivity index (χ2n) is 17.2. The van der Waals surface area contributed by atoms with Crippen LogP contribution >= 0.6 is 0 Å². The molecule has 0 saturated carbocycles. The number of ether oxygens (including phenoxy) is 9. The summed E-state index contributed by atoms with van der Waals surface area (Å²) >= 11 is 0. The van der Waals surface area contributed by atoms with Gasteiger partial charge in [-0.3, -0.25) is 5.73 Å². The van der Waals surface area contributed by atoms with Gasteiger partial charge >= 0.3 is 24.1 Å². The minimum absolute atomic E-state index is 0.00809. The van der Waals surface area contributed by atoms with Crippen molar-refractivity contribution in [1.82, 2.24) is 0 Å². The van der Waals surface area contributed by atoms with Gasteiger partial charge in [0, 0.05) is 0 Å². The van der Waals surface area contributed by atoms with Crippen molar-refractivity contribution in [1.29, 1.82) is 0 Å². The average Bonchev–Trinajstić information content (AvgIpc) is 3.46. The third-order valence-corrected chi connectivity index (χ3v) is 11.4. The Morgan fingerprint density at radius 1 is 0.390 bits per heavy atom. The van der Waals surface area contributed by atoms with E-state index in [2.05, 4.69) is 4.74 Å². The molecule has 0 bridgehead atoms. The summed E-state index contributed by atoms with van der Waals surface area (Å²) in [7, 11) is 0. The van der Waals surface area contributed by atoms with Gasteiger partial charge in [0.15, 0.2) is 35.3 Å². The van der Waals surface area contributed by atoms with E-state index in [-0.39, 0.29) is 85.3 Å². The maximum absolute atomic E-state index is 14.4. The Kier molecular flexibility index (Phi) is 18.8. The molecule has 0 spiro atoms. The van der Waals surface area contributed by atoms with Gasteiger partial charge in [-0.1, -0.05) is 182 Å². The molecule has 0 aliphatic carbocycles. The van der Waals surface area contributed by atoms with Crippen molar-refractivity contribution >= 4 is 17.9 Å². The molecule has 394 valence electrons. The van der Waals surface area contributed by atoms with Crippen LogP contribution in [0, 0.1) is 0 Å². The van der Waals surface area contributed by atoms with Gasteiger partial charge in [0.05, 0.1) is 11.1 Å². The van der Waals surface area contributed by atoms with E-state index in [1.807, 2.05) is 182 Å². The lowest BCUT2D eigenvalue weighted by atomic mass is 10.1. The zero-order valence-corrected chi connectivity index (χ0v) is 41.3. The van der Waals surface area contributed by atoms with Crippen LogP contribution in [-0.4, -0.2) is 43.0 Å². The van der Waals surface area contributed by atoms with Crippen LogP contribution < -0.4 is 34.2 Å². The maximum atomic E-state index is 14.4. The normalized spacial score (nSPS) is 11.8. The number of hydrogen-bond acceptors (Lipinski definition) is 13. The van der Waals surface area contributed by atoms with Gasteiger partial charge in [0.2, 0.25) is 11.5 Å². The predicted molar refractivity (Wildman–Crippen MR) is 277 cm³/mol. The Morgan fingerprint density at radius 2 is 0.662 bits per heavy atom. The summed E-state index contributed by atoms with van der Waals surface area (Å²) < 4.78 is 94.6. The van der Waals surface area contributed by atoms with Crippen LogP contribution in [0.4, 0.5) is 13.2 Å². The molecule has 16 heteroatoms. The monoisotopic (exact) mass is 1050 g/mol. The maximum Gasteiger partial charge on any atom is 0.490 e. The smallest absolute Gasteiger partial charge is 0.485 e. The van der Waals surface area contributed by atoms with Crippen LogP contribution in [0.3, 0.4) is 0 Å². The molecule has 2 N–H and O–H groups in total. The number of esters is 3. The summed E-state index contributed by atoms with van der Waals surface area (Å²) in [6.45, 7) is -0.783. The highest BCUT2D eigenvalue weighted by Crippen LogP contribution is 2.42. The number of rotatable bonds is 25. The first-order valence-electron chi connectivity index (χ1n) is 24.2. The molecule has 0 saturated heterocycles. The SMILES string of the molecule is NC(OC(=O)C(F)(F)F)C(COC(=O)c1cc(OCc2ccccc2)c(OCc2ccccc2)c(OCc2ccccc2)c1)OC(=O)c1cc(OCc2ccccc2)c(OCc2ccccc2)c(OCc2ccccc2)c1. The number of benzene rings is 8. The van der Waals surface area contributed by atoms with Crippen molar-refractivity contribution in [3.8, 4) is 34.5 Å². The molecule has 8 aromatic rings. The summed E-state index contributed by atoms with van der Waals surface area (Å²) in [5.41, 5.74) is 10.4. The highest BCUT2D eigenvalue weighted by molar-refractivity contribution is 5.92. The summed E-state index contributed by atoms with van der Waals surface area (Å²) in [5.74, 6) is -4.49. The van der Waals surface area contributed by atoms with Gasteiger partial charge in [-0.05, 0) is 57.6 Å². The molecule has 0 aliphatic rings. The Morgan fingerprint density at radius 3 is 0.948 bits per heavy atom. The van der Waals surface area contributed by atoms with E-state index in [1.54, 1.807) is 0 Å². The molecule has 0 aliphatic heterocycles. The van der Waals surface area contributed by atoms with Gasteiger partial charge < -0.3 is 42.6 Å². The third kappa shape index (κ3) is 16.1. The third-order valence-electron chi connectivity index (χ3n) is 11.4. The van der Waals surface area contributed by atoms with Crippen LogP contribution in [-0.2, 0) is 58.6 Å². The first-order valence-corrected chi connectivity index (χ1v) is 24.2. The van der Waals surface area contributed by atoms with E-state index >= 15 is 0 Å². The fraction of sp³-hybridized carbons (Fsp3) is 0.164. The summed E-state index contributed by atoms with van der Waals surface area (Å²) in [6.07, 6.45) is -9.85. The second kappa shape index (κ2) is 26.8. The van der Waals surface area contributed by atoms with Gasteiger partial charge in [0.25, 0.3) is 0 Å². The summed E-state index contributed by atoms with van der Waals surface area (Å²) in [5, 5.41) is 0. The van der Waals surface area contributed by atoms with E-state index in [9.17, 15) is 27.6 Å². The Bertz CT molecular complexity index is 3020. The fourth-order valence-corrected chi connectivity index (χ4v) is 7.41. The lowest BCUT2D eigenvalue weighted by Gasteiger charge is -2.25. The number of nitrogens with two attached hydrogens (primary N) is 1. The Balaban J connectivity index is 1.11. The predicted octanol–water partition coefficient (Wildman–Crippen LogP) is 11.9. The van der Waals surface area contributed by atoms with Crippen molar-refractivity contribution in [2.24, 2.45) is 5.73 Å². The number of carbonyl (C=O) groups is 3. The van der Waals surface area contributed by atoms with E-state index in [4.69, 9.17) is 43.6 Å². The molecule has 77 heavy (non-hydrogen) atoms. The molecule has 2 atom stereocenters. The molecule has 0 amide bonds. The van der Waals surface area contributed by atoms with Crippen LogP contribution in [0.1, 0.15) is 54.1 Å². The zero-order chi connectivity index (χ0) is 53.8. The fourth-order valence-electron chi connectivity index (χ4n) is 7.41. The van der Waals surface area contributed by atoms with Crippen LogP contribution in [0.15, 0.2) is 206 Å². The van der Waals surface area contributed by atoms with E-state index in [1.165, 1.54) is 24.3 Å². The minimum atomic E-state index is -5.49. The molecule has 8 aromatic carbocycles. The molecule has 8 rings (SSSR count). The van der Waals surface area contributed by atoms with Gasteiger partial charge in [-0.2, -0.15) is 13.2 Å². The average molecular weight is 1050 g/mol. The molecule has 0 fully saturated rings. The number of hydrogen-bond donors (Lipinski definition) is 1. The van der Waals surface area contributed by atoms with Crippen LogP contribution in [0.2, 0.25) is 0 Å². The molecule has 0 heterocycles. The zero-order valence-electron chi connectivity index (χ0n) is 41.3. The highest BCUT2D eigenvalue weighted by Gasteiger charge is 2.43. The molecular formula is C61H52F3NO12. The van der Waals surface area contributed by atoms with Gasteiger partial charge in [-0.15, -0.1) is 0 Å². The van der Waals surface area contributed by atoms with Crippen LogP contribution in [0.25, 0.3) is 0 Å². The van der Waals surface area contributed by atoms with Crippen molar-refractivity contribution in [3.05, 3.63) is 251 Å². The largest absolute Gasteiger partial charge is 0.490 e. The van der Waals surface area contributed by atoms with Crippen molar-refractivity contribution < 1.29 is 70.2 Å². The molecule has 13 nitrogen and oxygen atoms in total. The second-order valence-corrected chi connectivity index (χ2v) is 17.2. The first kappa shape index (κ1) is 54.0. The van der Waals surface area contributed by atoms with Crippen molar-refractivity contribution in [3.63, 3.8) is 0 Å². The molecular weight excluding hydrogens is 996 g/mol. The number of alkyl halides is 3. The minimum Gasteiger partial charge on any atom is -0.485 e. The van der Waals surface area contributed by atoms with E-state index in [0.717, 1.165) is 33.4 Å². The first-order chi connectivity index (χ1) is 37.4. The summed E-state index contributed by atoms with van der Waals surface area (Å²) in [6, 6.07) is 60.6. The Labute approximate surface area is 442 Å². The Hall–Kier alpha value is -9.28. The van der Waals surface area contributed by atoms with E-state index in [0.29, 0.717) is 0 Å².